The van der Waals surface area contributed by atoms with Crippen LogP contribution in [0.1, 0.15) is 23.5 Å². The van der Waals surface area contributed by atoms with E-state index in [1.54, 1.807) is 42.7 Å². The summed E-state index contributed by atoms with van der Waals surface area (Å²) in [5, 5.41) is 2.90. The molecule has 0 aliphatic heterocycles. The smallest absolute Gasteiger partial charge is 0.125 e. The molecule has 0 N–H and O–H groups in total. The SMILES string of the molecule is [2H]C([2H])([2H])c1cc(-c2[c-]ccc3c2oc2cc(-c4ccccc4)ccc23)ncc1-c1ccccc1.[2H]C([2H])(c1ccccc1)c1cc(-c2[c-]nc(F)cc2)ncc1[Si](C)(C)C.[Ir]. The number of hydrogen-bond donors (Lipinski definition) is 0. The fourth-order valence-electron chi connectivity index (χ4n) is 6.65. The van der Waals surface area contributed by atoms with Gasteiger partial charge in [-0.25, -0.2) is 4.39 Å². The number of halogens is 1. The van der Waals surface area contributed by atoms with Crippen molar-refractivity contribution in [3.8, 4) is 44.8 Å². The Kier molecular flexibility index (Phi) is 9.99. The molecule has 5 aromatic carbocycles. The Morgan fingerprint density at radius 1 is 0.719 bits per heavy atom. The van der Waals surface area contributed by atoms with E-state index in [1.165, 1.54) is 6.07 Å². The zero-order chi connectivity index (χ0) is 42.9. The van der Waals surface area contributed by atoms with Gasteiger partial charge in [-0.2, -0.15) is 0 Å². The molecule has 0 saturated heterocycles. The van der Waals surface area contributed by atoms with Gasteiger partial charge in [0.05, 0.1) is 13.7 Å². The van der Waals surface area contributed by atoms with Crippen LogP contribution in [0.2, 0.25) is 19.6 Å². The molecule has 0 saturated carbocycles. The van der Waals surface area contributed by atoms with Gasteiger partial charge in [0.1, 0.15) is 11.5 Å². The van der Waals surface area contributed by atoms with Gasteiger partial charge in [-0.15, -0.1) is 29.8 Å². The molecule has 0 amide bonds. The van der Waals surface area contributed by atoms with Crippen molar-refractivity contribution in [2.75, 3.05) is 0 Å². The molecule has 57 heavy (non-hydrogen) atoms. The van der Waals surface area contributed by atoms with E-state index in [1.807, 2.05) is 84.9 Å². The van der Waals surface area contributed by atoms with Gasteiger partial charge in [-0.05, 0) is 69.9 Å². The van der Waals surface area contributed by atoms with Crippen LogP contribution >= 0.6 is 0 Å². The first-order valence-electron chi connectivity index (χ1n) is 20.8. The van der Waals surface area contributed by atoms with Crippen LogP contribution in [-0.4, -0.2) is 23.0 Å². The van der Waals surface area contributed by atoms with Crippen molar-refractivity contribution in [2.45, 2.75) is 32.9 Å². The Morgan fingerprint density at radius 2 is 1.42 bits per heavy atom. The zero-order valence-electron chi connectivity index (χ0n) is 36.5. The van der Waals surface area contributed by atoms with Gasteiger partial charge in [0.15, 0.2) is 0 Å². The van der Waals surface area contributed by atoms with Gasteiger partial charge in [0.2, 0.25) is 0 Å². The second-order valence-electron chi connectivity index (χ2n) is 14.4. The van der Waals surface area contributed by atoms with Crippen molar-refractivity contribution >= 4 is 35.2 Å². The number of pyridine rings is 3. The third-order valence-corrected chi connectivity index (χ3v) is 11.5. The van der Waals surface area contributed by atoms with E-state index in [0.29, 0.717) is 44.8 Å². The predicted molar refractivity (Wildman–Crippen MR) is 230 cm³/mol. The predicted octanol–water partition coefficient (Wildman–Crippen LogP) is 12.3. The maximum absolute atomic E-state index is 13.1. The molecule has 7 heteroatoms. The molecule has 9 rings (SSSR count). The van der Waals surface area contributed by atoms with E-state index in [2.05, 4.69) is 71.1 Å². The number of aryl methyl sites for hydroxylation is 1. The normalized spacial score (nSPS) is 12.9. The summed E-state index contributed by atoms with van der Waals surface area (Å²) in [5.41, 5.74) is 8.69. The monoisotopic (exact) mass is 943 g/mol. The number of rotatable bonds is 7. The van der Waals surface area contributed by atoms with Crippen LogP contribution in [0.5, 0.6) is 0 Å². The number of aromatic nitrogens is 3. The van der Waals surface area contributed by atoms with Crippen LogP contribution in [0, 0.1) is 25.1 Å². The topological polar surface area (TPSA) is 51.8 Å². The Balaban J connectivity index is 0.000000192. The third kappa shape index (κ3) is 8.77. The quantitative estimate of drug-likeness (QED) is 0.0907. The van der Waals surface area contributed by atoms with E-state index in [9.17, 15) is 4.39 Å². The molecule has 0 atom stereocenters. The molecule has 0 bridgehead atoms. The van der Waals surface area contributed by atoms with Gasteiger partial charge in [-0.3, -0.25) is 0 Å². The molecule has 4 heterocycles. The number of nitrogens with zero attached hydrogens (tertiary/aromatic N) is 3. The van der Waals surface area contributed by atoms with Gasteiger partial charge < -0.3 is 19.4 Å². The number of benzene rings is 5. The van der Waals surface area contributed by atoms with Crippen molar-refractivity contribution in [2.24, 2.45) is 0 Å². The average molecular weight is 943 g/mol. The first-order chi connectivity index (χ1) is 29.2. The van der Waals surface area contributed by atoms with Crippen LogP contribution < -0.4 is 5.19 Å². The number of furan rings is 1. The minimum atomic E-state index is -2.30. The molecule has 283 valence electrons. The van der Waals surface area contributed by atoms with E-state index in [0.717, 1.165) is 38.2 Å². The van der Waals surface area contributed by atoms with Crippen molar-refractivity contribution in [1.29, 1.82) is 0 Å². The molecule has 0 fully saturated rings. The summed E-state index contributed by atoms with van der Waals surface area (Å²) in [4.78, 5) is 12.7. The fourth-order valence-corrected chi connectivity index (χ4v) is 8.04. The Hall–Kier alpha value is -5.85. The third-order valence-electron chi connectivity index (χ3n) is 9.50. The Labute approximate surface area is 354 Å². The van der Waals surface area contributed by atoms with Gasteiger partial charge in [0, 0.05) is 50.3 Å². The molecular formula is C50H40FIrN3OSi-2. The van der Waals surface area contributed by atoms with Gasteiger partial charge in [0.25, 0.3) is 0 Å². The molecular weight excluding hydrogens is 898 g/mol. The molecule has 9 aromatic rings. The van der Waals surface area contributed by atoms with E-state index in [4.69, 9.17) is 11.3 Å². The molecule has 4 aromatic heterocycles. The second-order valence-corrected chi connectivity index (χ2v) is 19.4. The maximum atomic E-state index is 13.1. The average Bonchev–Trinajstić information content (AvgIpc) is 3.65. The number of hydrogen-bond acceptors (Lipinski definition) is 4. The summed E-state index contributed by atoms with van der Waals surface area (Å²) >= 11 is 0. The first-order valence-corrected chi connectivity index (χ1v) is 21.8. The molecule has 0 spiro atoms. The fraction of sp³-hybridized carbons (Fsp3) is 0.100. The standard InChI is InChI=1S/C30H20NO.C20H20FN2Si.Ir/c1-20-17-28(31-19-27(20)22-11-6-3-7-12-22)26-14-8-13-25-24-16-15-23(18-29(24)32-30(25)26)21-9-4-2-5-10-21;1-24(2,3)19-14-22-18(16-9-10-20(21)23-13-16)12-17(19)11-15-7-5-4-6-8-15;/h2-13,15-19H,1H3;4-10,12,14H,11H2,1-3H3;/q2*-1;/i1D3;11D2;. The van der Waals surface area contributed by atoms with E-state index in [-0.39, 0.29) is 25.7 Å². The largest absolute Gasteiger partial charge is 0.501 e. The van der Waals surface area contributed by atoms with Crippen molar-refractivity contribution in [3.05, 3.63) is 193 Å². The van der Waals surface area contributed by atoms with Crippen LogP contribution in [0.4, 0.5) is 4.39 Å². The summed E-state index contributed by atoms with van der Waals surface area (Å²) < 4.78 is 61.5. The number of fused-ring (bicyclic) bond motifs is 3. The Bertz CT molecular complexity index is 2980. The van der Waals surface area contributed by atoms with Crippen LogP contribution in [0.15, 0.2) is 162 Å². The van der Waals surface area contributed by atoms with Crippen molar-refractivity contribution < 1.29 is 35.8 Å². The molecule has 0 aliphatic rings. The summed E-state index contributed by atoms with van der Waals surface area (Å²) in [6, 6.07) is 48.2. The molecule has 0 unspecified atom stereocenters. The maximum Gasteiger partial charge on any atom is 0.125 e. The Morgan fingerprint density at radius 3 is 2.11 bits per heavy atom. The van der Waals surface area contributed by atoms with Crippen LogP contribution in [0.3, 0.4) is 0 Å². The van der Waals surface area contributed by atoms with Crippen molar-refractivity contribution in [3.63, 3.8) is 0 Å². The van der Waals surface area contributed by atoms with E-state index < -0.39 is 27.2 Å². The van der Waals surface area contributed by atoms with E-state index >= 15 is 0 Å². The van der Waals surface area contributed by atoms with Crippen molar-refractivity contribution in [1.82, 2.24) is 15.0 Å². The van der Waals surface area contributed by atoms with Gasteiger partial charge in [-0.1, -0.05) is 157 Å². The van der Waals surface area contributed by atoms with Gasteiger partial charge >= 0.3 is 0 Å². The van der Waals surface area contributed by atoms with Crippen LogP contribution in [0.25, 0.3) is 66.7 Å². The summed E-state index contributed by atoms with van der Waals surface area (Å²) in [5.74, 6) is -0.604. The molecule has 4 nitrogen and oxygen atoms in total. The minimum Gasteiger partial charge on any atom is -0.501 e. The first kappa shape index (κ1) is 33.3. The molecule has 1 radical (unpaired) electrons. The second kappa shape index (κ2) is 17.1. The zero-order valence-corrected chi connectivity index (χ0v) is 34.9. The minimum absolute atomic E-state index is 0. The summed E-state index contributed by atoms with van der Waals surface area (Å²) in [6.45, 7) is 4.20. The van der Waals surface area contributed by atoms with Crippen LogP contribution in [-0.2, 0) is 26.5 Å². The summed E-state index contributed by atoms with van der Waals surface area (Å²) in [7, 11) is -1.84. The molecule has 0 aliphatic carbocycles. The summed E-state index contributed by atoms with van der Waals surface area (Å²) in [6.07, 6.45) is 4.36.